The highest BCUT2D eigenvalue weighted by Crippen LogP contribution is 2.18. The Hall–Kier alpha value is -1.71. The molecule has 0 atom stereocenters. The summed E-state index contributed by atoms with van der Waals surface area (Å²) in [6, 6.07) is 5.01. The number of benzene rings is 1. The van der Waals surface area contributed by atoms with Gasteiger partial charge in [0.25, 0.3) is 0 Å². The number of hydrogen-bond acceptors (Lipinski definition) is 3. The molecular weight excluding hydrogens is 264 g/mol. The Kier molecular flexibility index (Phi) is 8.32. The Balaban J connectivity index is 2.13. The molecule has 0 amide bonds. The van der Waals surface area contributed by atoms with Crippen LogP contribution in [0.5, 0.6) is 0 Å². The zero-order chi connectivity index (χ0) is 15.5. The van der Waals surface area contributed by atoms with Gasteiger partial charge >= 0.3 is 5.97 Å². The van der Waals surface area contributed by atoms with Gasteiger partial charge in [-0.3, -0.25) is 0 Å². The number of unbranched alkanes of at least 4 members (excludes halogenated alkanes) is 7. The lowest BCUT2D eigenvalue weighted by Crippen LogP contribution is -2.05. The maximum atomic E-state index is 10.9. The van der Waals surface area contributed by atoms with E-state index in [0.29, 0.717) is 5.69 Å². The van der Waals surface area contributed by atoms with E-state index in [1.807, 2.05) is 0 Å². The van der Waals surface area contributed by atoms with Crippen LogP contribution in [-0.4, -0.2) is 17.6 Å². The van der Waals surface area contributed by atoms with Gasteiger partial charge in [-0.25, -0.2) is 4.79 Å². The molecule has 0 spiro atoms. The van der Waals surface area contributed by atoms with Crippen LogP contribution in [0.3, 0.4) is 0 Å². The number of anilines is 2. The fraction of sp³-hybridized carbons (Fsp3) is 0.588. The molecule has 0 heterocycles. The number of carbonyl (C=O) groups is 1. The monoisotopic (exact) mass is 292 g/mol. The lowest BCUT2D eigenvalue weighted by atomic mass is 10.1. The molecule has 0 aliphatic rings. The molecule has 118 valence electrons. The molecule has 0 aromatic heterocycles. The fourth-order valence-electron chi connectivity index (χ4n) is 2.36. The highest BCUT2D eigenvalue weighted by molar-refractivity contribution is 5.94. The van der Waals surface area contributed by atoms with Gasteiger partial charge in [0.1, 0.15) is 0 Å². The van der Waals surface area contributed by atoms with Crippen LogP contribution >= 0.6 is 0 Å². The molecule has 0 aliphatic heterocycles. The Labute approximate surface area is 127 Å². The summed E-state index contributed by atoms with van der Waals surface area (Å²) < 4.78 is 0. The Morgan fingerprint density at radius 2 is 1.71 bits per heavy atom. The second-order valence-electron chi connectivity index (χ2n) is 5.51. The molecule has 4 heteroatoms. The van der Waals surface area contributed by atoms with Crippen LogP contribution in [0.15, 0.2) is 18.2 Å². The van der Waals surface area contributed by atoms with Crippen molar-refractivity contribution >= 4 is 17.3 Å². The van der Waals surface area contributed by atoms with E-state index in [1.165, 1.54) is 44.9 Å². The maximum absolute atomic E-state index is 10.9. The van der Waals surface area contributed by atoms with E-state index in [2.05, 4.69) is 12.2 Å². The summed E-state index contributed by atoms with van der Waals surface area (Å²) in [5.41, 5.74) is 7.07. The summed E-state index contributed by atoms with van der Waals surface area (Å²) in [6.07, 6.45) is 10.4. The van der Waals surface area contributed by atoms with Crippen LogP contribution in [0.4, 0.5) is 11.4 Å². The molecule has 1 rings (SSSR count). The van der Waals surface area contributed by atoms with Gasteiger partial charge in [0, 0.05) is 17.9 Å². The van der Waals surface area contributed by atoms with Crippen LogP contribution < -0.4 is 11.1 Å². The Morgan fingerprint density at radius 3 is 2.29 bits per heavy atom. The van der Waals surface area contributed by atoms with E-state index in [9.17, 15) is 4.79 Å². The number of aromatic carboxylic acids is 1. The Morgan fingerprint density at radius 1 is 1.10 bits per heavy atom. The second kappa shape index (κ2) is 10.1. The van der Waals surface area contributed by atoms with Gasteiger partial charge in [0.2, 0.25) is 0 Å². The lowest BCUT2D eigenvalue weighted by Gasteiger charge is -2.08. The highest BCUT2D eigenvalue weighted by atomic mass is 16.4. The summed E-state index contributed by atoms with van der Waals surface area (Å²) in [4.78, 5) is 10.9. The summed E-state index contributed by atoms with van der Waals surface area (Å²) >= 11 is 0. The van der Waals surface area contributed by atoms with Gasteiger partial charge in [-0.05, 0) is 24.6 Å². The topological polar surface area (TPSA) is 75.3 Å². The summed E-state index contributed by atoms with van der Waals surface area (Å²) in [6.45, 7) is 3.14. The molecule has 0 fully saturated rings. The first-order valence-electron chi connectivity index (χ1n) is 8.02. The van der Waals surface area contributed by atoms with Crippen molar-refractivity contribution < 1.29 is 9.90 Å². The zero-order valence-electron chi connectivity index (χ0n) is 13.0. The van der Waals surface area contributed by atoms with E-state index in [4.69, 9.17) is 10.8 Å². The molecule has 21 heavy (non-hydrogen) atoms. The smallest absolute Gasteiger partial charge is 0.337 e. The number of nitrogens with one attached hydrogen (secondary N) is 1. The molecule has 0 saturated heterocycles. The number of rotatable bonds is 11. The predicted molar refractivity (Wildman–Crippen MR) is 88.9 cm³/mol. The number of hydrogen-bond donors (Lipinski definition) is 3. The number of carboxylic acid groups (broad SMARTS) is 1. The first-order chi connectivity index (χ1) is 10.1. The molecule has 4 N–H and O–H groups in total. The van der Waals surface area contributed by atoms with E-state index < -0.39 is 5.97 Å². The van der Waals surface area contributed by atoms with Crippen LogP contribution in [0.25, 0.3) is 0 Å². The van der Waals surface area contributed by atoms with Gasteiger partial charge < -0.3 is 16.2 Å². The summed E-state index contributed by atoms with van der Waals surface area (Å²) in [5, 5.41) is 12.2. The normalized spacial score (nSPS) is 10.5. The van der Waals surface area contributed by atoms with Gasteiger partial charge in [0.15, 0.2) is 0 Å². The quantitative estimate of drug-likeness (QED) is 0.414. The molecule has 0 bridgehead atoms. The van der Waals surface area contributed by atoms with Crippen molar-refractivity contribution in [1.82, 2.24) is 0 Å². The van der Waals surface area contributed by atoms with E-state index in [1.54, 1.807) is 18.2 Å². The molecule has 1 aromatic rings. The third-order valence-corrected chi connectivity index (χ3v) is 3.64. The van der Waals surface area contributed by atoms with Gasteiger partial charge in [-0.2, -0.15) is 0 Å². The summed E-state index contributed by atoms with van der Waals surface area (Å²) in [7, 11) is 0. The van der Waals surface area contributed by atoms with Gasteiger partial charge in [-0.15, -0.1) is 0 Å². The zero-order valence-corrected chi connectivity index (χ0v) is 13.0. The minimum Gasteiger partial charge on any atom is -0.478 e. The molecule has 0 radical (unpaired) electrons. The maximum Gasteiger partial charge on any atom is 0.337 e. The van der Waals surface area contributed by atoms with Crippen LogP contribution in [0.2, 0.25) is 0 Å². The third kappa shape index (κ3) is 7.02. The van der Waals surface area contributed by atoms with Crippen molar-refractivity contribution in [3.8, 4) is 0 Å². The van der Waals surface area contributed by atoms with E-state index in [0.717, 1.165) is 18.7 Å². The number of nitrogens with two attached hydrogens (primary N) is 1. The highest BCUT2D eigenvalue weighted by Gasteiger charge is 2.07. The Bertz CT molecular complexity index is 433. The first-order valence-corrected chi connectivity index (χ1v) is 8.02. The average Bonchev–Trinajstić information content (AvgIpc) is 2.45. The SMILES string of the molecule is CCCCCCCCCCNc1ccc(C(=O)O)c(N)c1. The number of carboxylic acids is 1. The predicted octanol–water partition coefficient (Wildman–Crippen LogP) is 4.52. The average molecular weight is 292 g/mol. The van der Waals surface area contributed by atoms with Crippen LogP contribution in [-0.2, 0) is 0 Å². The molecule has 4 nitrogen and oxygen atoms in total. The van der Waals surface area contributed by atoms with Crippen molar-refractivity contribution in [2.24, 2.45) is 0 Å². The lowest BCUT2D eigenvalue weighted by molar-refractivity contribution is 0.0698. The van der Waals surface area contributed by atoms with Crippen LogP contribution in [0, 0.1) is 0 Å². The van der Waals surface area contributed by atoms with Gasteiger partial charge in [0.05, 0.1) is 5.56 Å². The minimum absolute atomic E-state index is 0.160. The molecule has 1 aromatic carbocycles. The number of nitrogen functional groups attached to an aromatic ring is 1. The second-order valence-corrected chi connectivity index (χ2v) is 5.51. The van der Waals surface area contributed by atoms with E-state index >= 15 is 0 Å². The van der Waals surface area contributed by atoms with Crippen LogP contribution in [0.1, 0.15) is 68.6 Å². The minimum atomic E-state index is -0.984. The van der Waals surface area contributed by atoms with Crippen molar-refractivity contribution in [3.63, 3.8) is 0 Å². The largest absolute Gasteiger partial charge is 0.478 e. The summed E-state index contributed by atoms with van der Waals surface area (Å²) in [5.74, 6) is -0.984. The molecule has 0 saturated carbocycles. The van der Waals surface area contributed by atoms with Crippen molar-refractivity contribution in [2.45, 2.75) is 58.3 Å². The van der Waals surface area contributed by atoms with E-state index in [-0.39, 0.29) is 5.56 Å². The molecule has 0 aliphatic carbocycles. The standard InChI is InChI=1S/C17H28N2O2/c1-2-3-4-5-6-7-8-9-12-19-14-10-11-15(17(20)21)16(18)13-14/h10-11,13,19H,2-9,12,18H2,1H3,(H,20,21). The fourth-order valence-corrected chi connectivity index (χ4v) is 2.36. The molecule has 0 unspecified atom stereocenters. The third-order valence-electron chi connectivity index (χ3n) is 3.64. The first kappa shape index (κ1) is 17.3. The van der Waals surface area contributed by atoms with Crippen molar-refractivity contribution in [2.75, 3.05) is 17.6 Å². The van der Waals surface area contributed by atoms with Gasteiger partial charge in [-0.1, -0.05) is 51.9 Å². The van der Waals surface area contributed by atoms with Crippen molar-refractivity contribution in [1.29, 1.82) is 0 Å². The molecular formula is C17H28N2O2. The van der Waals surface area contributed by atoms with Crippen molar-refractivity contribution in [3.05, 3.63) is 23.8 Å².